The molecule has 4 nitrogen and oxygen atoms in total. The normalized spacial score (nSPS) is 14.7. The Balaban J connectivity index is 2.53. The Morgan fingerprint density at radius 3 is 2.58 bits per heavy atom. The highest BCUT2D eigenvalue weighted by Crippen LogP contribution is 2.17. The van der Waals surface area contributed by atoms with E-state index in [4.69, 9.17) is 5.73 Å². The number of aromatic nitrogens is 3. The van der Waals surface area contributed by atoms with Gasteiger partial charge in [0, 0.05) is 6.04 Å². The van der Waals surface area contributed by atoms with Crippen LogP contribution in [0.25, 0.3) is 0 Å². The fraction of sp³-hybridized carbons (Fsp3) is 0.750. The zero-order valence-electron chi connectivity index (χ0n) is 7.86. The smallest absolute Gasteiger partial charge is 0.137 e. The van der Waals surface area contributed by atoms with E-state index in [0.717, 1.165) is 6.54 Å². The molecule has 0 amide bonds. The number of nitrogens with two attached hydrogens (primary N) is 1. The summed E-state index contributed by atoms with van der Waals surface area (Å²) in [5.41, 5.74) is 6.07. The van der Waals surface area contributed by atoms with Gasteiger partial charge in [-0.3, -0.25) is 4.68 Å². The van der Waals surface area contributed by atoms with Gasteiger partial charge in [0.1, 0.15) is 12.7 Å². The highest BCUT2D eigenvalue weighted by molar-refractivity contribution is 4.77. The summed E-state index contributed by atoms with van der Waals surface area (Å²) in [6.07, 6.45) is 3.21. The van der Waals surface area contributed by atoms with E-state index in [-0.39, 0.29) is 11.5 Å². The zero-order chi connectivity index (χ0) is 9.19. The molecule has 1 atom stereocenters. The minimum absolute atomic E-state index is 0.110. The van der Waals surface area contributed by atoms with Gasteiger partial charge in [-0.2, -0.15) is 5.10 Å². The molecule has 0 fully saturated rings. The third-order valence-corrected chi connectivity index (χ3v) is 1.96. The van der Waals surface area contributed by atoms with Crippen LogP contribution >= 0.6 is 0 Å². The van der Waals surface area contributed by atoms with Crippen LogP contribution in [-0.4, -0.2) is 20.8 Å². The van der Waals surface area contributed by atoms with Crippen molar-refractivity contribution < 1.29 is 0 Å². The Bertz CT molecular complexity index is 222. The predicted molar refractivity (Wildman–Crippen MR) is 47.5 cm³/mol. The maximum Gasteiger partial charge on any atom is 0.137 e. The van der Waals surface area contributed by atoms with Crippen molar-refractivity contribution in [2.45, 2.75) is 33.4 Å². The minimum atomic E-state index is 0.110. The van der Waals surface area contributed by atoms with Crippen molar-refractivity contribution in [3.63, 3.8) is 0 Å². The molecule has 0 bridgehead atoms. The summed E-state index contributed by atoms with van der Waals surface area (Å²) >= 11 is 0. The first-order chi connectivity index (χ1) is 5.50. The maximum atomic E-state index is 5.95. The number of rotatable bonds is 2. The van der Waals surface area contributed by atoms with Crippen molar-refractivity contribution in [2.75, 3.05) is 0 Å². The summed E-state index contributed by atoms with van der Waals surface area (Å²) < 4.78 is 1.76. The van der Waals surface area contributed by atoms with E-state index in [2.05, 4.69) is 30.9 Å². The number of hydrogen-bond acceptors (Lipinski definition) is 3. The molecule has 0 aliphatic carbocycles. The molecule has 1 unspecified atom stereocenters. The Morgan fingerprint density at radius 1 is 1.50 bits per heavy atom. The molecule has 0 aromatic carbocycles. The van der Waals surface area contributed by atoms with E-state index in [9.17, 15) is 0 Å². The van der Waals surface area contributed by atoms with Crippen LogP contribution in [0.2, 0.25) is 0 Å². The van der Waals surface area contributed by atoms with Crippen LogP contribution in [-0.2, 0) is 6.54 Å². The molecule has 1 heterocycles. The van der Waals surface area contributed by atoms with Gasteiger partial charge in [0.15, 0.2) is 0 Å². The summed E-state index contributed by atoms with van der Waals surface area (Å²) in [5, 5.41) is 4.00. The van der Waals surface area contributed by atoms with Gasteiger partial charge in [-0.25, -0.2) is 4.98 Å². The molecule has 0 saturated carbocycles. The summed E-state index contributed by atoms with van der Waals surface area (Å²) in [6.45, 7) is 7.08. The number of hydrogen-bond donors (Lipinski definition) is 1. The van der Waals surface area contributed by atoms with Crippen LogP contribution in [0.1, 0.15) is 20.8 Å². The summed E-state index contributed by atoms with van der Waals surface area (Å²) in [7, 11) is 0. The maximum absolute atomic E-state index is 5.95. The molecular weight excluding hydrogens is 152 g/mol. The van der Waals surface area contributed by atoms with Crippen LogP contribution in [0.5, 0.6) is 0 Å². The Labute approximate surface area is 72.8 Å². The van der Waals surface area contributed by atoms with E-state index in [1.54, 1.807) is 11.0 Å². The van der Waals surface area contributed by atoms with Crippen LogP contribution in [0.15, 0.2) is 12.7 Å². The second kappa shape index (κ2) is 3.23. The molecule has 2 N–H and O–H groups in total. The highest BCUT2D eigenvalue weighted by atomic mass is 15.3. The summed E-state index contributed by atoms with van der Waals surface area (Å²) in [6, 6.07) is 0.110. The predicted octanol–water partition coefficient (Wildman–Crippen LogP) is 0.651. The SMILES string of the molecule is CC(C)(C)C(N)Cn1cncn1. The molecule has 0 radical (unpaired) electrons. The van der Waals surface area contributed by atoms with Crippen LogP contribution in [0.4, 0.5) is 0 Å². The molecule has 0 spiro atoms. The number of nitrogens with zero attached hydrogens (tertiary/aromatic N) is 3. The van der Waals surface area contributed by atoms with Crippen LogP contribution in [0, 0.1) is 5.41 Å². The van der Waals surface area contributed by atoms with E-state index in [1.807, 2.05) is 0 Å². The van der Waals surface area contributed by atoms with Crippen LogP contribution in [0.3, 0.4) is 0 Å². The first kappa shape index (κ1) is 9.19. The fourth-order valence-electron chi connectivity index (χ4n) is 0.802. The third kappa shape index (κ3) is 2.30. The van der Waals surface area contributed by atoms with Crippen molar-refractivity contribution >= 4 is 0 Å². The first-order valence-electron chi connectivity index (χ1n) is 4.08. The van der Waals surface area contributed by atoms with Crippen molar-refractivity contribution in [1.82, 2.24) is 14.8 Å². The van der Waals surface area contributed by atoms with Crippen molar-refractivity contribution in [3.05, 3.63) is 12.7 Å². The standard InChI is InChI=1S/C8H16N4/c1-8(2,3)7(9)4-12-6-10-5-11-12/h5-7H,4,9H2,1-3H3. The van der Waals surface area contributed by atoms with Gasteiger partial charge in [0.05, 0.1) is 6.54 Å². The lowest BCUT2D eigenvalue weighted by Gasteiger charge is -2.26. The topological polar surface area (TPSA) is 56.7 Å². The summed E-state index contributed by atoms with van der Waals surface area (Å²) in [5.74, 6) is 0. The van der Waals surface area contributed by atoms with E-state index in [1.165, 1.54) is 6.33 Å². The van der Waals surface area contributed by atoms with Gasteiger partial charge in [-0.1, -0.05) is 20.8 Å². The zero-order valence-corrected chi connectivity index (χ0v) is 7.86. The molecule has 0 aliphatic rings. The average molecular weight is 168 g/mol. The Morgan fingerprint density at radius 2 is 2.17 bits per heavy atom. The lowest BCUT2D eigenvalue weighted by molar-refractivity contribution is 0.283. The lowest BCUT2D eigenvalue weighted by atomic mass is 9.87. The molecule has 1 aromatic rings. The van der Waals surface area contributed by atoms with Crippen molar-refractivity contribution in [3.8, 4) is 0 Å². The summed E-state index contributed by atoms with van der Waals surface area (Å²) in [4.78, 5) is 3.85. The molecule has 4 heteroatoms. The van der Waals surface area contributed by atoms with Gasteiger partial charge < -0.3 is 5.73 Å². The van der Waals surface area contributed by atoms with Crippen molar-refractivity contribution in [1.29, 1.82) is 0 Å². The molecule has 0 aliphatic heterocycles. The molecule has 1 rings (SSSR count). The van der Waals surface area contributed by atoms with E-state index in [0.29, 0.717) is 0 Å². The minimum Gasteiger partial charge on any atom is -0.326 e. The molecule has 68 valence electrons. The van der Waals surface area contributed by atoms with E-state index >= 15 is 0 Å². The molecular formula is C8H16N4. The van der Waals surface area contributed by atoms with Gasteiger partial charge in [-0.15, -0.1) is 0 Å². The molecule has 12 heavy (non-hydrogen) atoms. The van der Waals surface area contributed by atoms with Gasteiger partial charge in [0.2, 0.25) is 0 Å². The second-order valence-corrected chi connectivity index (χ2v) is 4.09. The first-order valence-corrected chi connectivity index (χ1v) is 4.08. The largest absolute Gasteiger partial charge is 0.326 e. The van der Waals surface area contributed by atoms with Gasteiger partial charge in [0.25, 0.3) is 0 Å². The average Bonchev–Trinajstić information content (AvgIpc) is 2.37. The van der Waals surface area contributed by atoms with Gasteiger partial charge in [-0.05, 0) is 5.41 Å². The third-order valence-electron chi connectivity index (χ3n) is 1.96. The Hall–Kier alpha value is -0.900. The monoisotopic (exact) mass is 168 g/mol. The van der Waals surface area contributed by atoms with Crippen LogP contribution < -0.4 is 5.73 Å². The lowest BCUT2D eigenvalue weighted by Crippen LogP contribution is -2.38. The molecule has 1 aromatic heterocycles. The fourth-order valence-corrected chi connectivity index (χ4v) is 0.802. The van der Waals surface area contributed by atoms with E-state index < -0.39 is 0 Å². The molecule has 0 saturated heterocycles. The second-order valence-electron chi connectivity index (χ2n) is 4.09. The quantitative estimate of drug-likeness (QED) is 0.705. The highest BCUT2D eigenvalue weighted by Gasteiger charge is 2.20. The van der Waals surface area contributed by atoms with Gasteiger partial charge >= 0.3 is 0 Å². The Kier molecular flexibility index (Phi) is 2.47. The van der Waals surface area contributed by atoms with Crippen molar-refractivity contribution in [2.24, 2.45) is 11.1 Å².